The maximum Gasteiger partial charge on any atom is 0.410 e. The predicted molar refractivity (Wildman–Crippen MR) is 87.4 cm³/mol. The molecule has 1 aromatic carbocycles. The zero-order valence-electron chi connectivity index (χ0n) is 14.0. The molecule has 2 aliphatic rings. The van der Waals surface area contributed by atoms with Crippen LogP contribution >= 0.6 is 0 Å². The van der Waals surface area contributed by atoms with Crippen LogP contribution < -0.4 is 5.32 Å². The van der Waals surface area contributed by atoms with Gasteiger partial charge in [0, 0.05) is 31.1 Å². The summed E-state index contributed by atoms with van der Waals surface area (Å²) in [6.45, 7) is 7.50. The van der Waals surface area contributed by atoms with E-state index in [1.54, 1.807) is 4.90 Å². The lowest BCUT2D eigenvalue weighted by molar-refractivity contribution is 0.0148. The number of nitrogens with zero attached hydrogens (tertiary/aromatic N) is 1. The minimum absolute atomic E-state index is 0.0150. The Morgan fingerprint density at radius 1 is 1.30 bits per heavy atom. The van der Waals surface area contributed by atoms with Crippen LogP contribution in [0.3, 0.4) is 0 Å². The van der Waals surface area contributed by atoms with Gasteiger partial charge >= 0.3 is 6.09 Å². The highest BCUT2D eigenvalue weighted by Crippen LogP contribution is 2.36. The first-order valence-corrected chi connectivity index (χ1v) is 8.20. The Morgan fingerprint density at radius 3 is 2.78 bits per heavy atom. The van der Waals surface area contributed by atoms with E-state index in [1.165, 1.54) is 0 Å². The number of hydrogen-bond acceptors (Lipinski definition) is 3. The summed E-state index contributed by atoms with van der Waals surface area (Å²) in [6, 6.07) is 7.80. The summed E-state index contributed by atoms with van der Waals surface area (Å²) in [5.74, 6) is 0.520. The van der Waals surface area contributed by atoms with Gasteiger partial charge in [-0.25, -0.2) is 4.79 Å². The normalized spacial score (nSPS) is 24.1. The van der Waals surface area contributed by atoms with Gasteiger partial charge in [-0.15, -0.1) is 0 Å². The monoisotopic (exact) mass is 316 g/mol. The molecule has 2 atom stereocenters. The molecule has 0 aromatic heterocycles. The first kappa shape index (κ1) is 15.8. The molecule has 2 aliphatic heterocycles. The summed E-state index contributed by atoms with van der Waals surface area (Å²) in [5, 5.41) is 2.99. The van der Waals surface area contributed by atoms with E-state index in [9.17, 15) is 9.59 Å². The van der Waals surface area contributed by atoms with Gasteiger partial charge in [-0.2, -0.15) is 0 Å². The lowest BCUT2D eigenvalue weighted by Gasteiger charge is -2.38. The van der Waals surface area contributed by atoms with Gasteiger partial charge in [0.1, 0.15) is 5.60 Å². The Morgan fingerprint density at radius 2 is 2.04 bits per heavy atom. The first-order chi connectivity index (χ1) is 10.8. The number of nitrogens with one attached hydrogen (secondary N) is 1. The number of rotatable bonds is 0. The van der Waals surface area contributed by atoms with Crippen molar-refractivity contribution in [3.63, 3.8) is 0 Å². The van der Waals surface area contributed by atoms with E-state index in [0.29, 0.717) is 25.6 Å². The Bertz CT molecular complexity index is 621. The maximum atomic E-state index is 12.3. The van der Waals surface area contributed by atoms with Crippen LogP contribution in [-0.2, 0) is 4.74 Å². The summed E-state index contributed by atoms with van der Waals surface area (Å²) in [5.41, 5.74) is 1.39. The molecule has 0 radical (unpaired) electrons. The zero-order valence-corrected chi connectivity index (χ0v) is 14.0. The number of fused-ring (bicyclic) bond motifs is 3. The molecule has 5 heteroatoms. The number of piperidine rings is 1. The SMILES string of the molecule is CC(C)(C)OC(=O)N1CC[C@H]2c3ccccc3C(=O)NC[C@H]2C1. The van der Waals surface area contributed by atoms with Gasteiger partial charge in [0.15, 0.2) is 0 Å². The molecule has 0 saturated carbocycles. The molecule has 1 aromatic rings. The fraction of sp³-hybridized carbons (Fsp3) is 0.556. The van der Waals surface area contributed by atoms with Crippen LogP contribution in [0.5, 0.6) is 0 Å². The van der Waals surface area contributed by atoms with Crippen LogP contribution in [0.15, 0.2) is 24.3 Å². The number of carbonyl (C=O) groups is 2. The summed E-state index contributed by atoms with van der Waals surface area (Å²) in [6.07, 6.45) is 0.593. The molecule has 0 spiro atoms. The molecule has 23 heavy (non-hydrogen) atoms. The van der Waals surface area contributed by atoms with Crippen LogP contribution in [0.2, 0.25) is 0 Å². The van der Waals surface area contributed by atoms with Crippen molar-refractivity contribution in [2.75, 3.05) is 19.6 Å². The van der Waals surface area contributed by atoms with E-state index in [2.05, 4.69) is 5.32 Å². The van der Waals surface area contributed by atoms with Crippen molar-refractivity contribution in [2.24, 2.45) is 5.92 Å². The van der Waals surface area contributed by atoms with Crippen molar-refractivity contribution in [3.05, 3.63) is 35.4 Å². The van der Waals surface area contributed by atoms with Gasteiger partial charge in [0.2, 0.25) is 0 Å². The van der Waals surface area contributed by atoms with Crippen LogP contribution in [0.4, 0.5) is 4.79 Å². The molecule has 2 heterocycles. The predicted octanol–water partition coefficient (Wildman–Crippen LogP) is 2.77. The first-order valence-electron chi connectivity index (χ1n) is 8.20. The lowest BCUT2D eigenvalue weighted by Crippen LogP contribution is -2.47. The number of carbonyl (C=O) groups excluding carboxylic acids is 2. The van der Waals surface area contributed by atoms with E-state index in [1.807, 2.05) is 45.0 Å². The smallest absolute Gasteiger partial charge is 0.410 e. The molecule has 1 N–H and O–H groups in total. The Balaban J connectivity index is 1.78. The maximum absolute atomic E-state index is 12.3. The highest BCUT2D eigenvalue weighted by atomic mass is 16.6. The highest BCUT2D eigenvalue weighted by molar-refractivity contribution is 5.96. The van der Waals surface area contributed by atoms with Crippen molar-refractivity contribution in [2.45, 2.75) is 38.7 Å². The minimum Gasteiger partial charge on any atom is -0.444 e. The number of likely N-dealkylation sites (tertiary alicyclic amines) is 1. The van der Waals surface area contributed by atoms with E-state index >= 15 is 0 Å². The Labute approximate surface area is 137 Å². The number of ether oxygens (including phenoxy) is 1. The van der Waals surface area contributed by atoms with E-state index in [-0.39, 0.29) is 17.9 Å². The average molecular weight is 316 g/mol. The second-order valence-electron chi connectivity index (χ2n) is 7.38. The lowest BCUT2D eigenvalue weighted by atomic mass is 9.79. The largest absolute Gasteiger partial charge is 0.444 e. The van der Waals surface area contributed by atoms with Crippen LogP contribution in [-0.4, -0.2) is 42.1 Å². The molecule has 5 nitrogen and oxygen atoms in total. The van der Waals surface area contributed by atoms with Gasteiger partial charge < -0.3 is 15.0 Å². The molecule has 124 valence electrons. The molecule has 2 amide bonds. The standard InChI is InChI=1S/C18H24N2O3/c1-18(2,3)23-17(22)20-9-8-13-12(11-20)10-19-16(21)15-7-5-4-6-14(13)15/h4-7,12-13H,8-11H2,1-3H3,(H,19,21)/t12-,13+/m0/s1. The average Bonchev–Trinajstić information content (AvgIpc) is 2.63. The van der Waals surface area contributed by atoms with E-state index in [0.717, 1.165) is 17.5 Å². The highest BCUT2D eigenvalue weighted by Gasteiger charge is 2.37. The minimum atomic E-state index is -0.488. The molecule has 1 fully saturated rings. The van der Waals surface area contributed by atoms with Gasteiger partial charge in [-0.05, 0) is 44.7 Å². The fourth-order valence-corrected chi connectivity index (χ4v) is 3.49. The summed E-state index contributed by atoms with van der Waals surface area (Å²) in [7, 11) is 0. The van der Waals surface area contributed by atoms with E-state index < -0.39 is 5.60 Å². The number of amides is 2. The number of benzene rings is 1. The molecule has 0 unspecified atom stereocenters. The number of hydrogen-bond donors (Lipinski definition) is 1. The van der Waals surface area contributed by atoms with Crippen molar-refractivity contribution >= 4 is 12.0 Å². The van der Waals surface area contributed by atoms with Crippen LogP contribution in [0.1, 0.15) is 49.0 Å². The summed E-state index contributed by atoms with van der Waals surface area (Å²) < 4.78 is 5.48. The quantitative estimate of drug-likeness (QED) is 0.800. The van der Waals surface area contributed by atoms with E-state index in [4.69, 9.17) is 4.74 Å². The summed E-state index contributed by atoms with van der Waals surface area (Å²) >= 11 is 0. The second kappa shape index (κ2) is 5.87. The molecular formula is C18H24N2O3. The molecule has 3 rings (SSSR count). The third-order valence-electron chi connectivity index (χ3n) is 4.52. The Hall–Kier alpha value is -2.04. The van der Waals surface area contributed by atoms with Crippen molar-refractivity contribution < 1.29 is 14.3 Å². The second-order valence-corrected chi connectivity index (χ2v) is 7.38. The Kier molecular flexibility index (Phi) is 4.04. The van der Waals surface area contributed by atoms with Crippen molar-refractivity contribution in [1.82, 2.24) is 10.2 Å². The summed E-state index contributed by atoms with van der Waals surface area (Å²) in [4.78, 5) is 26.3. The third-order valence-corrected chi connectivity index (χ3v) is 4.52. The van der Waals surface area contributed by atoms with Crippen LogP contribution in [0, 0.1) is 5.92 Å². The fourth-order valence-electron chi connectivity index (χ4n) is 3.49. The van der Waals surface area contributed by atoms with Crippen LogP contribution in [0.25, 0.3) is 0 Å². The van der Waals surface area contributed by atoms with Gasteiger partial charge in [-0.3, -0.25) is 4.79 Å². The van der Waals surface area contributed by atoms with Crippen molar-refractivity contribution in [1.29, 1.82) is 0 Å². The van der Waals surface area contributed by atoms with Crippen molar-refractivity contribution in [3.8, 4) is 0 Å². The molecular weight excluding hydrogens is 292 g/mol. The van der Waals surface area contributed by atoms with Gasteiger partial charge in [0.05, 0.1) is 0 Å². The molecule has 0 aliphatic carbocycles. The molecule has 1 saturated heterocycles. The topological polar surface area (TPSA) is 58.6 Å². The third kappa shape index (κ3) is 3.33. The van der Waals surface area contributed by atoms with Gasteiger partial charge in [0.25, 0.3) is 5.91 Å². The zero-order chi connectivity index (χ0) is 16.6. The molecule has 0 bridgehead atoms. The van der Waals surface area contributed by atoms with Gasteiger partial charge in [-0.1, -0.05) is 18.2 Å².